The van der Waals surface area contributed by atoms with Crippen LogP contribution in [-0.2, 0) is 14.8 Å². The van der Waals surface area contributed by atoms with Crippen molar-refractivity contribution in [1.82, 2.24) is 23.8 Å². The van der Waals surface area contributed by atoms with Crippen molar-refractivity contribution in [3.05, 3.63) is 54.9 Å². The van der Waals surface area contributed by atoms with E-state index in [-0.39, 0.29) is 10.8 Å². The van der Waals surface area contributed by atoms with Crippen LogP contribution in [0, 0.1) is 6.92 Å². The van der Waals surface area contributed by atoms with Gasteiger partial charge in [0.05, 0.1) is 4.90 Å². The Morgan fingerprint density at radius 3 is 2.32 bits per heavy atom. The maximum atomic E-state index is 13.0. The van der Waals surface area contributed by atoms with E-state index < -0.39 is 10.0 Å². The molecule has 10 nitrogen and oxygen atoms in total. The van der Waals surface area contributed by atoms with E-state index in [0.717, 1.165) is 5.82 Å². The summed E-state index contributed by atoms with van der Waals surface area (Å²) in [6, 6.07) is 8.08. The van der Waals surface area contributed by atoms with Crippen LogP contribution in [0.1, 0.15) is 12.7 Å². The van der Waals surface area contributed by atoms with Crippen LogP contribution in [0.5, 0.6) is 0 Å². The molecule has 3 aromatic rings. The minimum atomic E-state index is -3.62. The summed E-state index contributed by atoms with van der Waals surface area (Å²) in [7, 11) is -3.62. The van der Waals surface area contributed by atoms with Gasteiger partial charge in [-0.15, -0.1) is 0 Å². The Morgan fingerprint density at radius 1 is 1.03 bits per heavy atom. The zero-order valence-corrected chi connectivity index (χ0v) is 18.1. The number of hydrogen-bond acceptors (Lipinski definition) is 7. The Morgan fingerprint density at radius 2 is 1.71 bits per heavy atom. The first kappa shape index (κ1) is 20.9. The molecule has 0 atom stereocenters. The first-order valence-electron chi connectivity index (χ1n) is 9.80. The van der Waals surface area contributed by atoms with Crippen molar-refractivity contribution in [2.45, 2.75) is 18.7 Å². The lowest BCUT2D eigenvalue weighted by atomic mass is 10.3. The molecule has 31 heavy (non-hydrogen) atoms. The smallest absolute Gasteiger partial charge is 0.243 e. The van der Waals surface area contributed by atoms with Crippen LogP contribution in [0.25, 0.3) is 5.82 Å². The number of piperazine rings is 1. The molecule has 4 rings (SSSR count). The van der Waals surface area contributed by atoms with Gasteiger partial charge in [0.15, 0.2) is 0 Å². The molecule has 1 aliphatic rings. The quantitative estimate of drug-likeness (QED) is 0.637. The van der Waals surface area contributed by atoms with Crippen LogP contribution in [0.3, 0.4) is 0 Å². The fraction of sp³-hybridized carbons (Fsp3) is 0.300. The molecule has 3 heterocycles. The molecule has 1 fully saturated rings. The molecule has 1 aromatic carbocycles. The molecule has 1 aliphatic heterocycles. The van der Waals surface area contributed by atoms with E-state index in [2.05, 4.69) is 25.2 Å². The minimum absolute atomic E-state index is 0.204. The lowest BCUT2D eigenvalue weighted by Gasteiger charge is -2.34. The average Bonchev–Trinajstić information content (AvgIpc) is 3.28. The summed E-state index contributed by atoms with van der Waals surface area (Å²) in [5.74, 6) is 1.90. The van der Waals surface area contributed by atoms with Gasteiger partial charge in [0.1, 0.15) is 23.8 Å². The van der Waals surface area contributed by atoms with Crippen molar-refractivity contribution in [3.63, 3.8) is 0 Å². The van der Waals surface area contributed by atoms with E-state index in [9.17, 15) is 13.2 Å². The van der Waals surface area contributed by atoms with Gasteiger partial charge in [0.25, 0.3) is 0 Å². The summed E-state index contributed by atoms with van der Waals surface area (Å²) in [5.41, 5.74) is 0.559. The predicted molar refractivity (Wildman–Crippen MR) is 116 cm³/mol. The second-order valence-corrected chi connectivity index (χ2v) is 9.14. The Balaban J connectivity index is 1.46. The van der Waals surface area contributed by atoms with Gasteiger partial charge in [-0.05, 0) is 31.2 Å². The first-order valence-corrected chi connectivity index (χ1v) is 11.2. The van der Waals surface area contributed by atoms with Crippen LogP contribution < -0.4 is 10.2 Å². The number of anilines is 2. The van der Waals surface area contributed by atoms with E-state index in [1.165, 1.54) is 23.4 Å². The average molecular weight is 442 g/mol. The highest BCUT2D eigenvalue weighted by Crippen LogP contribution is 2.22. The van der Waals surface area contributed by atoms with Crippen LogP contribution >= 0.6 is 0 Å². The highest BCUT2D eigenvalue weighted by molar-refractivity contribution is 7.89. The number of amides is 1. The molecule has 11 heteroatoms. The van der Waals surface area contributed by atoms with Gasteiger partial charge in [0, 0.05) is 57.3 Å². The van der Waals surface area contributed by atoms with E-state index in [1.807, 2.05) is 23.8 Å². The Hall–Kier alpha value is -3.31. The number of hydrogen-bond donors (Lipinski definition) is 1. The Labute approximate surface area is 180 Å². The fourth-order valence-electron chi connectivity index (χ4n) is 3.45. The lowest BCUT2D eigenvalue weighted by molar-refractivity contribution is -0.114. The van der Waals surface area contributed by atoms with Gasteiger partial charge in [-0.3, -0.25) is 9.36 Å². The van der Waals surface area contributed by atoms with Crippen molar-refractivity contribution in [3.8, 4) is 5.82 Å². The second kappa shape index (κ2) is 8.44. The Bertz CT molecular complexity index is 1170. The van der Waals surface area contributed by atoms with Crippen LogP contribution in [0.2, 0.25) is 0 Å². The molecule has 1 N–H and O–H groups in total. The molecule has 1 saturated heterocycles. The molecular weight excluding hydrogens is 418 g/mol. The molecule has 0 unspecified atom stereocenters. The maximum Gasteiger partial charge on any atom is 0.243 e. The van der Waals surface area contributed by atoms with Crippen LogP contribution in [-0.4, -0.2) is 64.3 Å². The molecule has 0 radical (unpaired) electrons. The molecule has 1 amide bonds. The van der Waals surface area contributed by atoms with Crippen LogP contribution in [0.4, 0.5) is 11.5 Å². The second-order valence-electron chi connectivity index (χ2n) is 7.20. The van der Waals surface area contributed by atoms with Gasteiger partial charge in [-0.1, -0.05) is 0 Å². The van der Waals surface area contributed by atoms with Gasteiger partial charge < -0.3 is 10.2 Å². The number of imidazole rings is 1. The Kier molecular flexibility index (Phi) is 5.70. The summed E-state index contributed by atoms with van der Waals surface area (Å²) in [4.78, 5) is 26.4. The van der Waals surface area contributed by atoms with Crippen molar-refractivity contribution >= 4 is 27.4 Å². The number of carbonyl (C=O) groups is 1. The van der Waals surface area contributed by atoms with E-state index in [1.54, 1.807) is 24.7 Å². The SMILES string of the molecule is CC(=O)Nc1ccc(S(=O)(=O)N2CCN(c3cc(-n4ccnc4)nc(C)n3)CC2)cc1. The van der Waals surface area contributed by atoms with Crippen molar-refractivity contribution < 1.29 is 13.2 Å². The number of aromatic nitrogens is 4. The molecule has 0 saturated carbocycles. The summed E-state index contributed by atoms with van der Waals surface area (Å²) in [5, 5.41) is 2.63. The number of sulfonamides is 1. The van der Waals surface area contributed by atoms with Crippen molar-refractivity contribution in [2.24, 2.45) is 0 Å². The first-order chi connectivity index (χ1) is 14.8. The van der Waals surface area contributed by atoms with E-state index in [4.69, 9.17) is 0 Å². The fourth-order valence-corrected chi connectivity index (χ4v) is 4.87. The molecule has 0 spiro atoms. The molecule has 162 valence electrons. The third-order valence-electron chi connectivity index (χ3n) is 4.95. The number of carbonyl (C=O) groups excluding carboxylic acids is 1. The summed E-state index contributed by atoms with van der Waals surface area (Å²) in [6.07, 6.45) is 5.17. The minimum Gasteiger partial charge on any atom is -0.354 e. The van der Waals surface area contributed by atoms with Gasteiger partial charge in [0.2, 0.25) is 15.9 Å². The zero-order valence-electron chi connectivity index (χ0n) is 17.3. The third-order valence-corrected chi connectivity index (χ3v) is 6.87. The number of benzene rings is 1. The number of nitrogens with one attached hydrogen (secondary N) is 1. The van der Waals surface area contributed by atoms with Gasteiger partial charge >= 0.3 is 0 Å². The molecule has 0 bridgehead atoms. The number of rotatable bonds is 5. The third kappa shape index (κ3) is 4.57. The van der Waals surface area contributed by atoms with E-state index >= 15 is 0 Å². The molecule has 0 aliphatic carbocycles. The summed E-state index contributed by atoms with van der Waals surface area (Å²) >= 11 is 0. The summed E-state index contributed by atoms with van der Waals surface area (Å²) < 4.78 is 29.3. The zero-order chi connectivity index (χ0) is 22.0. The number of aryl methyl sites for hydroxylation is 1. The maximum absolute atomic E-state index is 13.0. The van der Waals surface area contributed by atoms with Crippen molar-refractivity contribution in [1.29, 1.82) is 0 Å². The van der Waals surface area contributed by atoms with E-state index in [0.29, 0.717) is 43.5 Å². The highest BCUT2D eigenvalue weighted by Gasteiger charge is 2.29. The van der Waals surface area contributed by atoms with Gasteiger partial charge in [-0.25, -0.2) is 23.4 Å². The van der Waals surface area contributed by atoms with Crippen LogP contribution in [0.15, 0.2) is 53.9 Å². The highest BCUT2D eigenvalue weighted by atomic mass is 32.2. The monoisotopic (exact) mass is 441 g/mol. The van der Waals surface area contributed by atoms with Gasteiger partial charge in [-0.2, -0.15) is 4.31 Å². The van der Waals surface area contributed by atoms with Crippen molar-refractivity contribution in [2.75, 3.05) is 36.4 Å². The standard InChI is InChI=1S/C20H23N7O3S/c1-15-22-19(13-20(23-15)26-8-7-21-14-26)25-9-11-27(12-10-25)31(29,30)18-5-3-17(4-6-18)24-16(2)28/h3-8,13-14H,9-12H2,1-2H3,(H,24,28). The predicted octanol–water partition coefficient (Wildman–Crippen LogP) is 1.44. The molecule has 2 aromatic heterocycles. The largest absolute Gasteiger partial charge is 0.354 e. The summed E-state index contributed by atoms with van der Waals surface area (Å²) in [6.45, 7) is 4.96. The normalized spacial score (nSPS) is 15.1. The molecular formula is C20H23N7O3S. The topological polar surface area (TPSA) is 113 Å². The lowest BCUT2D eigenvalue weighted by Crippen LogP contribution is -2.49. The number of nitrogens with zero attached hydrogens (tertiary/aromatic N) is 6.